The second kappa shape index (κ2) is 6.31. The third-order valence-electron chi connectivity index (χ3n) is 4.01. The number of nitrogens with zero attached hydrogens (tertiary/aromatic N) is 2. The van der Waals surface area contributed by atoms with Gasteiger partial charge in [-0.1, -0.05) is 12.1 Å². The molecule has 0 radical (unpaired) electrons. The zero-order valence-corrected chi connectivity index (χ0v) is 13.2. The molecule has 3 aromatic rings. The molecule has 0 atom stereocenters. The maximum Gasteiger partial charge on any atom is 0.223 e. The standard InChI is InChI=1S/C18H18N4O2/c23-18(12-7-8-12)20-10-9-19-16-13-4-1-2-5-14(13)21-17(22-16)15-6-3-11-24-15/h1-6,11-12H,7-10H2,(H,20,23)(H,19,21,22). The normalized spacial score (nSPS) is 13.8. The van der Waals surface area contributed by atoms with Crippen molar-refractivity contribution in [3.63, 3.8) is 0 Å². The predicted octanol–water partition coefficient (Wildman–Crippen LogP) is 2.83. The Labute approximate surface area is 139 Å². The van der Waals surface area contributed by atoms with E-state index in [0.29, 0.717) is 24.7 Å². The first-order valence-electron chi connectivity index (χ1n) is 8.13. The summed E-state index contributed by atoms with van der Waals surface area (Å²) in [6.07, 6.45) is 3.64. The number of aromatic nitrogens is 2. The Bertz CT molecular complexity index is 857. The van der Waals surface area contributed by atoms with Gasteiger partial charge in [-0.05, 0) is 37.1 Å². The average Bonchev–Trinajstić information content (AvgIpc) is 3.32. The molecule has 1 aromatic carbocycles. The van der Waals surface area contributed by atoms with Crippen molar-refractivity contribution in [3.05, 3.63) is 42.7 Å². The van der Waals surface area contributed by atoms with Crippen molar-refractivity contribution in [2.24, 2.45) is 5.92 Å². The first-order chi connectivity index (χ1) is 11.8. The minimum Gasteiger partial charge on any atom is -0.461 e. The number of anilines is 1. The topological polar surface area (TPSA) is 80.0 Å². The zero-order chi connectivity index (χ0) is 16.4. The number of furan rings is 1. The number of rotatable bonds is 6. The van der Waals surface area contributed by atoms with E-state index < -0.39 is 0 Å². The van der Waals surface area contributed by atoms with Crippen molar-refractivity contribution >= 4 is 22.6 Å². The van der Waals surface area contributed by atoms with Crippen molar-refractivity contribution in [2.75, 3.05) is 18.4 Å². The lowest BCUT2D eigenvalue weighted by Gasteiger charge is -2.10. The molecule has 6 heteroatoms. The summed E-state index contributed by atoms with van der Waals surface area (Å²) in [5, 5.41) is 7.18. The van der Waals surface area contributed by atoms with Crippen molar-refractivity contribution < 1.29 is 9.21 Å². The first kappa shape index (κ1) is 14.7. The SMILES string of the molecule is O=C(NCCNc1nc(-c2ccco2)nc2ccccc12)C1CC1. The molecular formula is C18H18N4O2. The van der Waals surface area contributed by atoms with E-state index in [1.54, 1.807) is 6.26 Å². The summed E-state index contributed by atoms with van der Waals surface area (Å²) in [5.41, 5.74) is 0.850. The molecule has 0 unspecified atom stereocenters. The van der Waals surface area contributed by atoms with Crippen molar-refractivity contribution in [1.29, 1.82) is 0 Å². The van der Waals surface area contributed by atoms with Crippen LogP contribution in [0.3, 0.4) is 0 Å². The molecule has 1 amide bonds. The predicted molar refractivity (Wildman–Crippen MR) is 91.5 cm³/mol. The maximum absolute atomic E-state index is 11.7. The smallest absolute Gasteiger partial charge is 0.223 e. The molecule has 4 rings (SSSR count). The fourth-order valence-corrected chi connectivity index (χ4v) is 2.58. The monoisotopic (exact) mass is 322 g/mol. The van der Waals surface area contributed by atoms with Crippen LogP contribution in [-0.2, 0) is 4.79 Å². The summed E-state index contributed by atoms with van der Waals surface area (Å²) in [6, 6.07) is 11.5. The van der Waals surface area contributed by atoms with E-state index in [4.69, 9.17) is 4.42 Å². The number of carbonyl (C=O) groups is 1. The zero-order valence-electron chi connectivity index (χ0n) is 13.2. The Balaban J connectivity index is 1.53. The lowest BCUT2D eigenvalue weighted by molar-refractivity contribution is -0.122. The molecule has 2 aromatic heterocycles. The van der Waals surface area contributed by atoms with Gasteiger partial charge in [0.05, 0.1) is 11.8 Å². The number of fused-ring (bicyclic) bond motifs is 1. The van der Waals surface area contributed by atoms with Crippen molar-refractivity contribution in [2.45, 2.75) is 12.8 Å². The number of carbonyl (C=O) groups excluding carboxylic acids is 1. The number of benzene rings is 1. The Kier molecular flexibility index (Phi) is 3.86. The van der Waals surface area contributed by atoms with Crippen LogP contribution in [0, 0.1) is 5.92 Å². The Morgan fingerprint density at radius 2 is 2.00 bits per heavy atom. The molecule has 1 aliphatic rings. The molecule has 0 spiro atoms. The van der Waals surface area contributed by atoms with Gasteiger partial charge in [0.2, 0.25) is 5.91 Å². The molecular weight excluding hydrogens is 304 g/mol. The van der Waals surface area contributed by atoms with Crippen LogP contribution >= 0.6 is 0 Å². The molecule has 24 heavy (non-hydrogen) atoms. The van der Waals surface area contributed by atoms with Gasteiger partial charge in [0.25, 0.3) is 0 Å². The van der Waals surface area contributed by atoms with E-state index in [2.05, 4.69) is 20.6 Å². The fraction of sp³-hybridized carbons (Fsp3) is 0.278. The summed E-state index contributed by atoms with van der Waals surface area (Å²) in [7, 11) is 0. The summed E-state index contributed by atoms with van der Waals surface area (Å²) in [5.74, 6) is 2.30. The van der Waals surface area contributed by atoms with Gasteiger partial charge in [-0.2, -0.15) is 0 Å². The van der Waals surface area contributed by atoms with Crippen LogP contribution in [0.4, 0.5) is 5.82 Å². The van der Waals surface area contributed by atoms with Gasteiger partial charge in [0.1, 0.15) is 5.82 Å². The van der Waals surface area contributed by atoms with Gasteiger partial charge >= 0.3 is 0 Å². The molecule has 122 valence electrons. The van der Waals surface area contributed by atoms with Gasteiger partial charge in [-0.15, -0.1) is 0 Å². The Hall–Kier alpha value is -2.89. The summed E-state index contributed by atoms with van der Waals surface area (Å²) >= 11 is 0. The second-order valence-corrected chi connectivity index (χ2v) is 5.88. The van der Waals surface area contributed by atoms with Crippen molar-refractivity contribution in [1.82, 2.24) is 15.3 Å². The van der Waals surface area contributed by atoms with Gasteiger partial charge in [0.15, 0.2) is 11.6 Å². The quantitative estimate of drug-likeness (QED) is 0.682. The first-order valence-corrected chi connectivity index (χ1v) is 8.13. The van der Waals surface area contributed by atoms with Gasteiger partial charge in [0, 0.05) is 24.4 Å². The molecule has 2 heterocycles. The maximum atomic E-state index is 11.7. The number of hydrogen-bond donors (Lipinski definition) is 2. The third kappa shape index (κ3) is 3.08. The Morgan fingerprint density at radius 1 is 1.12 bits per heavy atom. The van der Waals surface area contributed by atoms with E-state index in [1.807, 2.05) is 36.4 Å². The van der Waals surface area contributed by atoms with E-state index in [1.165, 1.54) is 0 Å². The van der Waals surface area contributed by atoms with Crippen LogP contribution in [0.1, 0.15) is 12.8 Å². The average molecular weight is 322 g/mol. The minimum atomic E-state index is 0.153. The summed E-state index contributed by atoms with van der Waals surface area (Å²) in [6.45, 7) is 1.18. The highest BCUT2D eigenvalue weighted by Gasteiger charge is 2.28. The highest BCUT2D eigenvalue weighted by Crippen LogP contribution is 2.28. The highest BCUT2D eigenvalue weighted by atomic mass is 16.3. The molecule has 6 nitrogen and oxygen atoms in total. The molecule has 0 saturated heterocycles. The van der Waals surface area contributed by atoms with E-state index in [-0.39, 0.29) is 11.8 Å². The van der Waals surface area contributed by atoms with Crippen LogP contribution in [0.15, 0.2) is 47.1 Å². The van der Waals surface area contributed by atoms with E-state index >= 15 is 0 Å². The molecule has 2 N–H and O–H groups in total. The molecule has 0 aliphatic heterocycles. The number of para-hydroxylation sites is 1. The van der Waals surface area contributed by atoms with Gasteiger partial charge in [-0.3, -0.25) is 4.79 Å². The van der Waals surface area contributed by atoms with Crippen LogP contribution in [0.5, 0.6) is 0 Å². The second-order valence-electron chi connectivity index (χ2n) is 5.88. The lowest BCUT2D eigenvalue weighted by atomic mass is 10.2. The summed E-state index contributed by atoms with van der Waals surface area (Å²) in [4.78, 5) is 20.8. The Morgan fingerprint density at radius 3 is 2.79 bits per heavy atom. The lowest BCUT2D eigenvalue weighted by Crippen LogP contribution is -2.30. The van der Waals surface area contributed by atoms with Crippen LogP contribution in [0.2, 0.25) is 0 Å². The molecule has 1 aliphatic carbocycles. The number of hydrogen-bond acceptors (Lipinski definition) is 5. The molecule has 1 saturated carbocycles. The van der Waals surface area contributed by atoms with E-state index in [0.717, 1.165) is 29.6 Å². The number of nitrogens with one attached hydrogen (secondary N) is 2. The highest BCUT2D eigenvalue weighted by molar-refractivity contribution is 5.90. The van der Waals surface area contributed by atoms with Crippen LogP contribution < -0.4 is 10.6 Å². The molecule has 0 bridgehead atoms. The fourth-order valence-electron chi connectivity index (χ4n) is 2.58. The molecule has 1 fully saturated rings. The van der Waals surface area contributed by atoms with Gasteiger partial charge < -0.3 is 15.1 Å². The van der Waals surface area contributed by atoms with Crippen molar-refractivity contribution in [3.8, 4) is 11.6 Å². The van der Waals surface area contributed by atoms with Gasteiger partial charge in [-0.25, -0.2) is 9.97 Å². The third-order valence-corrected chi connectivity index (χ3v) is 4.01. The summed E-state index contributed by atoms with van der Waals surface area (Å²) < 4.78 is 5.40. The minimum absolute atomic E-state index is 0.153. The van der Waals surface area contributed by atoms with Crippen LogP contribution in [0.25, 0.3) is 22.5 Å². The van der Waals surface area contributed by atoms with Crippen LogP contribution in [-0.4, -0.2) is 29.0 Å². The largest absolute Gasteiger partial charge is 0.461 e. The number of amides is 1. The van der Waals surface area contributed by atoms with E-state index in [9.17, 15) is 4.79 Å².